The van der Waals surface area contributed by atoms with Crippen molar-refractivity contribution in [3.8, 4) is 0 Å². The van der Waals surface area contributed by atoms with Gasteiger partial charge in [-0.3, -0.25) is 14.7 Å². The first-order chi connectivity index (χ1) is 19.0. The van der Waals surface area contributed by atoms with Crippen molar-refractivity contribution in [3.63, 3.8) is 0 Å². The number of likely N-dealkylation sites (N-methyl/N-ethyl adjacent to an activating group) is 1. The number of halogens is 3. The Bertz CT molecular complexity index is 1270. The second-order valence-corrected chi connectivity index (χ2v) is 10.2. The van der Waals surface area contributed by atoms with Crippen LogP contribution in [0.3, 0.4) is 0 Å². The van der Waals surface area contributed by atoms with E-state index in [1.54, 1.807) is 32.5 Å². The van der Waals surface area contributed by atoms with E-state index in [1.165, 1.54) is 13.1 Å². The second-order valence-electron chi connectivity index (χ2n) is 10.2. The summed E-state index contributed by atoms with van der Waals surface area (Å²) in [5, 5.41) is 5.91. The summed E-state index contributed by atoms with van der Waals surface area (Å²) < 4.78 is 49.3. The minimum atomic E-state index is -0.650. The average molecular weight is 557 g/mol. The molecule has 0 radical (unpaired) electrons. The number of ketones is 1. The number of anilines is 1. The number of hydrogen-bond acceptors (Lipinski definition) is 6. The molecule has 1 aliphatic heterocycles. The SMILES string of the molecule is CNC(=C/C(C)OC)/C(F)=C\Nc1ccnc(C)c1/C=C(\C)CN1CCC(c2c(F)cc(C(C)=O)cc2F)CC1. The molecule has 1 unspecified atom stereocenters. The third kappa shape index (κ3) is 8.05. The van der Waals surface area contributed by atoms with E-state index < -0.39 is 17.5 Å². The van der Waals surface area contributed by atoms with Crippen molar-refractivity contribution in [1.82, 2.24) is 15.2 Å². The number of nitrogens with one attached hydrogen (secondary N) is 2. The van der Waals surface area contributed by atoms with Crippen molar-refractivity contribution in [2.45, 2.75) is 52.6 Å². The lowest BCUT2D eigenvalue weighted by atomic mass is 9.87. The molecule has 6 nitrogen and oxygen atoms in total. The van der Waals surface area contributed by atoms with Gasteiger partial charge in [-0.15, -0.1) is 0 Å². The molecule has 2 aromatic rings. The van der Waals surface area contributed by atoms with Crippen LogP contribution in [-0.2, 0) is 4.74 Å². The number of pyridine rings is 1. The maximum absolute atomic E-state index is 14.8. The highest BCUT2D eigenvalue weighted by Gasteiger charge is 2.26. The van der Waals surface area contributed by atoms with Gasteiger partial charge in [-0.1, -0.05) is 11.6 Å². The topological polar surface area (TPSA) is 66.5 Å². The molecule has 0 bridgehead atoms. The molecule has 1 fully saturated rings. The van der Waals surface area contributed by atoms with Crippen LogP contribution in [0.4, 0.5) is 18.9 Å². The summed E-state index contributed by atoms with van der Waals surface area (Å²) in [5.41, 5.74) is 3.90. The molecule has 2 heterocycles. The molecule has 3 rings (SSSR count). The van der Waals surface area contributed by atoms with Gasteiger partial charge in [0, 0.05) is 61.2 Å². The minimum absolute atomic E-state index is 0.0503. The average Bonchev–Trinajstić information content (AvgIpc) is 2.92. The predicted molar refractivity (Wildman–Crippen MR) is 154 cm³/mol. The van der Waals surface area contributed by atoms with Crippen LogP contribution in [0.1, 0.15) is 66.7 Å². The van der Waals surface area contributed by atoms with E-state index in [0.717, 1.165) is 34.7 Å². The van der Waals surface area contributed by atoms with E-state index in [1.807, 2.05) is 26.8 Å². The number of aromatic nitrogens is 1. The van der Waals surface area contributed by atoms with Crippen molar-refractivity contribution in [1.29, 1.82) is 0 Å². The number of nitrogens with zero attached hydrogens (tertiary/aromatic N) is 2. The van der Waals surface area contributed by atoms with Gasteiger partial charge in [0.1, 0.15) is 11.6 Å². The molecule has 0 spiro atoms. The number of piperidine rings is 1. The highest BCUT2D eigenvalue weighted by molar-refractivity contribution is 5.94. The highest BCUT2D eigenvalue weighted by Crippen LogP contribution is 2.33. The van der Waals surface area contributed by atoms with Gasteiger partial charge in [0.15, 0.2) is 11.6 Å². The molecule has 0 saturated carbocycles. The zero-order valence-electron chi connectivity index (χ0n) is 24.1. The summed E-state index contributed by atoms with van der Waals surface area (Å²) in [7, 11) is 3.21. The predicted octanol–water partition coefficient (Wildman–Crippen LogP) is 6.51. The maximum atomic E-state index is 14.8. The molecule has 0 amide bonds. The van der Waals surface area contributed by atoms with E-state index in [9.17, 15) is 18.0 Å². The zero-order valence-corrected chi connectivity index (χ0v) is 24.1. The summed E-state index contributed by atoms with van der Waals surface area (Å²) in [6.07, 6.45) is 7.65. The highest BCUT2D eigenvalue weighted by atomic mass is 19.1. The van der Waals surface area contributed by atoms with Gasteiger partial charge in [-0.2, -0.15) is 0 Å². The largest absolute Gasteiger partial charge is 0.386 e. The first-order valence-corrected chi connectivity index (χ1v) is 13.4. The zero-order chi connectivity index (χ0) is 29.4. The van der Waals surface area contributed by atoms with Gasteiger partial charge in [-0.05, 0) is 83.8 Å². The van der Waals surface area contributed by atoms with Crippen LogP contribution < -0.4 is 10.6 Å². The van der Waals surface area contributed by atoms with Gasteiger partial charge in [0.05, 0.1) is 11.8 Å². The molecular formula is C31H39F3N4O2. The first kappa shape index (κ1) is 31.1. The lowest BCUT2D eigenvalue weighted by molar-refractivity contribution is 0.101. The standard InChI is InChI=1S/C31H39F3N4O2/c1-19(18-38-11-8-23(9-12-38)31-26(32)15-24(22(4)39)16-27(31)33)13-25-21(3)36-10-7-29(25)37-17-28(34)30(35-5)14-20(2)40-6/h7,10,13-17,20,23,35H,8-9,11-12,18H2,1-6H3,(H,36,37)/b19-13+,28-17+,30-14+. The van der Waals surface area contributed by atoms with Crippen LogP contribution in [0.25, 0.3) is 6.08 Å². The van der Waals surface area contributed by atoms with E-state index in [-0.39, 0.29) is 28.9 Å². The third-order valence-electron chi connectivity index (χ3n) is 7.19. The molecule has 9 heteroatoms. The number of methoxy groups -OCH3 is 1. The fourth-order valence-corrected chi connectivity index (χ4v) is 4.89. The molecule has 40 heavy (non-hydrogen) atoms. The number of hydrogen-bond donors (Lipinski definition) is 2. The molecule has 1 saturated heterocycles. The fraction of sp³-hybridized carbons (Fsp3) is 0.419. The number of rotatable bonds is 11. The number of carbonyl (C=O) groups is 1. The fourth-order valence-electron chi connectivity index (χ4n) is 4.89. The van der Waals surface area contributed by atoms with Crippen LogP contribution in [0.15, 0.2) is 53.8 Å². The smallest absolute Gasteiger partial charge is 0.161 e. The Morgan fingerprint density at radius 1 is 1.23 bits per heavy atom. The van der Waals surface area contributed by atoms with Gasteiger partial charge >= 0.3 is 0 Å². The number of aryl methyl sites for hydroxylation is 1. The molecule has 216 valence electrons. The van der Waals surface area contributed by atoms with Crippen LogP contribution in [0, 0.1) is 18.6 Å². The number of ether oxygens (including phenoxy) is 1. The Morgan fingerprint density at radius 2 is 1.88 bits per heavy atom. The van der Waals surface area contributed by atoms with Crippen LogP contribution >= 0.6 is 0 Å². The maximum Gasteiger partial charge on any atom is 0.161 e. The molecule has 1 aromatic heterocycles. The monoisotopic (exact) mass is 556 g/mol. The Hall–Kier alpha value is -3.43. The van der Waals surface area contributed by atoms with Gasteiger partial charge in [-0.25, -0.2) is 13.2 Å². The molecule has 1 aromatic carbocycles. The van der Waals surface area contributed by atoms with E-state index in [2.05, 4.69) is 20.5 Å². The van der Waals surface area contributed by atoms with Crippen LogP contribution in [0.2, 0.25) is 0 Å². The number of carbonyl (C=O) groups excluding carboxylic acids is 1. The summed E-state index contributed by atoms with van der Waals surface area (Å²) in [6.45, 7) is 9.09. The minimum Gasteiger partial charge on any atom is -0.386 e. The lowest BCUT2D eigenvalue weighted by Crippen LogP contribution is -2.34. The van der Waals surface area contributed by atoms with Crippen molar-refractivity contribution >= 4 is 17.5 Å². The van der Waals surface area contributed by atoms with Gasteiger partial charge in [0.25, 0.3) is 0 Å². The van der Waals surface area contributed by atoms with Gasteiger partial charge < -0.3 is 15.4 Å². The number of benzene rings is 1. The summed E-state index contributed by atoms with van der Waals surface area (Å²) in [5.74, 6) is -2.35. The number of allylic oxidation sites excluding steroid dienone is 1. The summed E-state index contributed by atoms with van der Waals surface area (Å²) in [6, 6.07) is 4.07. The lowest BCUT2D eigenvalue weighted by Gasteiger charge is -2.32. The molecular weight excluding hydrogens is 517 g/mol. The normalized spacial score (nSPS) is 16.7. The number of Topliss-reactive ketones (excluding diaryl/α,β-unsaturated/α-hetero) is 1. The number of likely N-dealkylation sites (tertiary alicyclic amines) is 1. The van der Waals surface area contributed by atoms with Crippen LogP contribution in [-0.4, -0.2) is 55.6 Å². The molecule has 2 N–H and O–H groups in total. The van der Waals surface area contributed by atoms with Crippen molar-refractivity contribution in [2.24, 2.45) is 0 Å². The van der Waals surface area contributed by atoms with E-state index >= 15 is 0 Å². The summed E-state index contributed by atoms with van der Waals surface area (Å²) >= 11 is 0. The Balaban J connectivity index is 1.69. The Labute approximate surface area is 235 Å². The Kier molecular flexibility index (Phi) is 11.1. The van der Waals surface area contributed by atoms with E-state index in [4.69, 9.17) is 4.74 Å². The van der Waals surface area contributed by atoms with Crippen LogP contribution in [0.5, 0.6) is 0 Å². The van der Waals surface area contributed by atoms with Gasteiger partial charge in [0.2, 0.25) is 0 Å². The quantitative estimate of drug-likeness (QED) is 0.243. The first-order valence-electron chi connectivity index (χ1n) is 13.4. The summed E-state index contributed by atoms with van der Waals surface area (Å²) in [4.78, 5) is 18.2. The van der Waals surface area contributed by atoms with Crippen molar-refractivity contribution in [2.75, 3.05) is 39.1 Å². The molecule has 1 aliphatic rings. The Morgan fingerprint density at radius 3 is 2.45 bits per heavy atom. The third-order valence-corrected chi connectivity index (χ3v) is 7.19. The molecule has 1 atom stereocenters. The van der Waals surface area contributed by atoms with Crippen molar-refractivity contribution < 1.29 is 22.7 Å². The van der Waals surface area contributed by atoms with E-state index in [0.29, 0.717) is 38.2 Å². The second kappa shape index (κ2) is 14.3. The van der Waals surface area contributed by atoms with Crippen molar-refractivity contribution in [3.05, 3.63) is 87.8 Å². The molecule has 0 aliphatic carbocycles.